The van der Waals surface area contributed by atoms with Crippen LogP contribution >= 0.6 is 0 Å². The fourth-order valence-electron chi connectivity index (χ4n) is 3.96. The van der Waals surface area contributed by atoms with Gasteiger partial charge in [0.05, 0.1) is 18.7 Å². The van der Waals surface area contributed by atoms with Crippen molar-refractivity contribution in [3.05, 3.63) is 11.6 Å². The third kappa shape index (κ3) is 7.63. The number of hydrogen-bond acceptors (Lipinski definition) is 5. The van der Waals surface area contributed by atoms with Crippen molar-refractivity contribution in [1.29, 1.82) is 0 Å². The van der Waals surface area contributed by atoms with Crippen molar-refractivity contribution in [3.8, 4) is 0 Å². The first-order valence-corrected chi connectivity index (χ1v) is 11.4. The van der Waals surface area contributed by atoms with E-state index in [1.165, 1.54) is 0 Å². The Morgan fingerprint density at radius 2 is 1.84 bits per heavy atom. The Labute approximate surface area is 188 Å². The van der Waals surface area contributed by atoms with Gasteiger partial charge in [-0.3, -0.25) is 14.5 Å². The molecule has 0 saturated carbocycles. The van der Waals surface area contributed by atoms with Gasteiger partial charge in [0, 0.05) is 12.6 Å². The number of nitrogens with one attached hydrogen (secondary N) is 1. The van der Waals surface area contributed by atoms with Gasteiger partial charge in [0.2, 0.25) is 11.8 Å². The maximum absolute atomic E-state index is 13.6. The number of hydrogen-bond donors (Lipinski definition) is 1. The van der Waals surface area contributed by atoms with Gasteiger partial charge in [-0.05, 0) is 51.6 Å². The van der Waals surface area contributed by atoms with Gasteiger partial charge in [-0.25, -0.2) is 4.79 Å². The van der Waals surface area contributed by atoms with Gasteiger partial charge >= 0.3 is 5.97 Å². The summed E-state index contributed by atoms with van der Waals surface area (Å²) >= 11 is 0. The Hall–Kier alpha value is -1.89. The molecule has 0 aliphatic carbocycles. The number of likely N-dealkylation sites (N-methyl/N-ethyl adjacent to an activating group) is 2. The maximum atomic E-state index is 13.6. The van der Waals surface area contributed by atoms with Crippen molar-refractivity contribution in [1.82, 2.24) is 15.1 Å². The van der Waals surface area contributed by atoms with E-state index in [0.29, 0.717) is 12.2 Å². The molecule has 3 atom stereocenters. The van der Waals surface area contributed by atoms with E-state index < -0.39 is 11.5 Å². The molecule has 0 aromatic rings. The highest BCUT2D eigenvalue weighted by Crippen LogP contribution is 2.25. The Kier molecular flexibility index (Phi) is 10.2. The predicted octanol–water partition coefficient (Wildman–Crippen LogP) is 2.99. The van der Waals surface area contributed by atoms with Gasteiger partial charge in [0.1, 0.15) is 6.04 Å². The molecule has 1 heterocycles. The average Bonchev–Trinajstić information content (AvgIpc) is 2.68. The second kappa shape index (κ2) is 11.7. The van der Waals surface area contributed by atoms with Gasteiger partial charge in [0.15, 0.2) is 0 Å². The van der Waals surface area contributed by atoms with Crippen LogP contribution in [0, 0.1) is 11.3 Å². The van der Waals surface area contributed by atoms with Crippen LogP contribution in [0.2, 0.25) is 0 Å². The predicted molar refractivity (Wildman–Crippen MR) is 123 cm³/mol. The molecular formula is C24H43N3O4. The molecule has 178 valence electrons. The Balaban J connectivity index is 3.10. The summed E-state index contributed by atoms with van der Waals surface area (Å²) in [5.74, 6) is -0.553. The topological polar surface area (TPSA) is 79.0 Å². The Morgan fingerprint density at radius 3 is 2.32 bits per heavy atom. The Morgan fingerprint density at radius 1 is 1.23 bits per heavy atom. The molecule has 1 fully saturated rings. The second-order valence-electron chi connectivity index (χ2n) is 10.1. The molecular weight excluding hydrogens is 394 g/mol. The molecule has 1 aliphatic rings. The number of likely N-dealkylation sites (tertiary alicyclic amines) is 1. The summed E-state index contributed by atoms with van der Waals surface area (Å²) in [5.41, 5.74) is 0.00994. The fourth-order valence-corrected chi connectivity index (χ4v) is 3.96. The highest BCUT2D eigenvalue weighted by molar-refractivity contribution is 5.91. The molecule has 2 amide bonds. The Bertz CT molecular complexity index is 666. The molecule has 1 N–H and O–H groups in total. The van der Waals surface area contributed by atoms with Crippen LogP contribution in [0.4, 0.5) is 0 Å². The van der Waals surface area contributed by atoms with Crippen LogP contribution in [-0.2, 0) is 19.1 Å². The van der Waals surface area contributed by atoms with Crippen molar-refractivity contribution >= 4 is 17.8 Å². The van der Waals surface area contributed by atoms with E-state index in [4.69, 9.17) is 4.74 Å². The van der Waals surface area contributed by atoms with Gasteiger partial charge in [-0.2, -0.15) is 0 Å². The first-order chi connectivity index (χ1) is 14.3. The zero-order valence-corrected chi connectivity index (χ0v) is 20.9. The molecule has 0 aromatic heterocycles. The van der Waals surface area contributed by atoms with Crippen LogP contribution in [-0.4, -0.2) is 73.0 Å². The molecule has 7 nitrogen and oxygen atoms in total. The highest BCUT2D eigenvalue weighted by atomic mass is 16.5. The van der Waals surface area contributed by atoms with Crippen molar-refractivity contribution < 1.29 is 19.1 Å². The smallest absolute Gasteiger partial charge is 0.333 e. The lowest BCUT2D eigenvalue weighted by atomic mass is 9.84. The zero-order chi connectivity index (χ0) is 23.9. The van der Waals surface area contributed by atoms with E-state index in [1.807, 2.05) is 41.7 Å². The summed E-state index contributed by atoms with van der Waals surface area (Å²) in [6.45, 7) is 14.5. The summed E-state index contributed by atoms with van der Waals surface area (Å²) < 4.78 is 5.08. The fraction of sp³-hybridized carbons (Fsp3) is 0.792. The standard InChI is InChI=1S/C24H43N3O4/c1-10-31-23(30)17(4)15-19(16(2)3)27(9)22(29)20(24(5,6)7)25-21(28)18-13-11-12-14-26(18)8/h15-16,18-20H,10-14H2,1-9H3,(H,25,28)/b17-15+/t18?,19-,20+/m0/s1. The van der Waals surface area contributed by atoms with Crippen LogP contribution in [0.3, 0.4) is 0 Å². The lowest BCUT2D eigenvalue weighted by Crippen LogP contribution is -2.59. The normalized spacial score (nSPS) is 20.2. The number of rotatable bonds is 8. The summed E-state index contributed by atoms with van der Waals surface area (Å²) in [4.78, 5) is 42.4. The van der Waals surface area contributed by atoms with Crippen molar-refractivity contribution in [2.75, 3.05) is 27.2 Å². The second-order valence-corrected chi connectivity index (χ2v) is 10.1. The zero-order valence-electron chi connectivity index (χ0n) is 20.9. The molecule has 1 unspecified atom stereocenters. The first kappa shape index (κ1) is 27.1. The number of piperidine rings is 1. The van der Waals surface area contributed by atoms with Crippen LogP contribution in [0.5, 0.6) is 0 Å². The number of carbonyl (C=O) groups is 3. The molecule has 1 rings (SSSR count). The monoisotopic (exact) mass is 437 g/mol. The molecule has 1 aliphatic heterocycles. The van der Waals surface area contributed by atoms with Crippen molar-refractivity contribution in [2.45, 2.75) is 85.9 Å². The molecule has 1 saturated heterocycles. The van der Waals surface area contributed by atoms with Gasteiger partial charge < -0.3 is 15.0 Å². The first-order valence-electron chi connectivity index (χ1n) is 11.4. The molecule has 0 aromatic carbocycles. The van der Waals surface area contributed by atoms with Gasteiger partial charge in [-0.15, -0.1) is 0 Å². The molecule has 31 heavy (non-hydrogen) atoms. The largest absolute Gasteiger partial charge is 0.463 e. The van der Waals surface area contributed by atoms with Gasteiger partial charge in [-0.1, -0.05) is 47.1 Å². The van der Waals surface area contributed by atoms with E-state index in [2.05, 4.69) is 10.2 Å². The average molecular weight is 438 g/mol. The van der Waals surface area contributed by atoms with E-state index in [0.717, 1.165) is 25.8 Å². The molecule has 7 heteroatoms. The summed E-state index contributed by atoms with van der Waals surface area (Å²) in [7, 11) is 3.70. The van der Waals surface area contributed by atoms with E-state index in [-0.39, 0.29) is 35.8 Å². The van der Waals surface area contributed by atoms with Crippen LogP contribution in [0.25, 0.3) is 0 Å². The van der Waals surface area contributed by atoms with E-state index in [9.17, 15) is 14.4 Å². The van der Waals surface area contributed by atoms with Crippen LogP contribution in [0.15, 0.2) is 11.6 Å². The highest BCUT2D eigenvalue weighted by Gasteiger charge is 2.39. The van der Waals surface area contributed by atoms with Crippen molar-refractivity contribution in [3.63, 3.8) is 0 Å². The van der Waals surface area contributed by atoms with Gasteiger partial charge in [0.25, 0.3) is 0 Å². The summed E-state index contributed by atoms with van der Waals surface area (Å²) in [6, 6.07) is -1.17. The lowest BCUT2D eigenvalue weighted by Gasteiger charge is -2.39. The quantitative estimate of drug-likeness (QED) is 0.466. The number of carbonyl (C=O) groups excluding carboxylic acids is 3. The lowest BCUT2D eigenvalue weighted by molar-refractivity contribution is -0.141. The van der Waals surface area contributed by atoms with E-state index >= 15 is 0 Å². The minimum Gasteiger partial charge on any atom is -0.463 e. The third-order valence-electron chi connectivity index (χ3n) is 5.97. The SMILES string of the molecule is CCOC(=O)/C(C)=C/[C@@H](C(C)C)N(C)C(=O)[C@@H](NC(=O)C1CCCCN1C)C(C)(C)C. The number of esters is 1. The molecule has 0 radical (unpaired) electrons. The van der Waals surface area contributed by atoms with Crippen LogP contribution < -0.4 is 5.32 Å². The number of nitrogens with zero attached hydrogens (tertiary/aromatic N) is 2. The van der Waals surface area contributed by atoms with Crippen LogP contribution in [0.1, 0.15) is 67.7 Å². The number of ether oxygens (including phenoxy) is 1. The summed E-state index contributed by atoms with van der Waals surface area (Å²) in [5, 5.41) is 3.04. The van der Waals surface area contributed by atoms with Crippen molar-refractivity contribution in [2.24, 2.45) is 11.3 Å². The minimum atomic E-state index is -0.669. The third-order valence-corrected chi connectivity index (χ3v) is 5.97. The number of amides is 2. The minimum absolute atomic E-state index is 0.0825. The molecule has 0 spiro atoms. The maximum Gasteiger partial charge on any atom is 0.333 e. The molecule has 0 bridgehead atoms. The summed E-state index contributed by atoms with van der Waals surface area (Å²) in [6.07, 6.45) is 4.70. The van der Waals surface area contributed by atoms with E-state index in [1.54, 1.807) is 31.9 Å².